The number of aryl methyl sites for hydroxylation is 3. The molecule has 1 aliphatic rings. The molecule has 0 bridgehead atoms. The van der Waals surface area contributed by atoms with Crippen LogP contribution in [0.25, 0.3) is 0 Å². The van der Waals surface area contributed by atoms with Crippen molar-refractivity contribution in [2.24, 2.45) is 0 Å². The number of aromatic nitrogens is 1. The lowest BCUT2D eigenvalue weighted by molar-refractivity contribution is -0.132. The fourth-order valence-corrected chi connectivity index (χ4v) is 5.22. The van der Waals surface area contributed by atoms with Crippen LogP contribution in [0.15, 0.2) is 54.6 Å². The monoisotopic (exact) mass is 452 g/mol. The lowest BCUT2D eigenvalue weighted by Crippen LogP contribution is -2.30. The highest BCUT2D eigenvalue weighted by Crippen LogP contribution is 2.36. The molecule has 2 aromatic carbocycles. The zero-order valence-corrected chi connectivity index (χ0v) is 18.5. The summed E-state index contributed by atoms with van der Waals surface area (Å²) in [7, 11) is 0. The summed E-state index contributed by atoms with van der Waals surface area (Å²) in [6.07, 6.45) is 3.82. The Kier molecular flexibility index (Phi) is 6.95. The molecular weight excluding hydrogens is 427 g/mol. The molecule has 0 spiro atoms. The van der Waals surface area contributed by atoms with Crippen LogP contribution in [0.1, 0.15) is 56.8 Å². The van der Waals surface area contributed by atoms with Crippen molar-refractivity contribution >= 4 is 23.2 Å². The molecule has 1 amide bonds. The number of benzene rings is 2. The number of aromatic carboxylic acids is 1. The largest absolute Gasteiger partial charge is 0.477 e. The normalized spacial score (nSPS) is 15.8. The number of nitrogens with zero attached hydrogens (tertiary/aromatic N) is 2. The van der Waals surface area contributed by atoms with Gasteiger partial charge in [-0.15, -0.1) is 11.3 Å². The van der Waals surface area contributed by atoms with Gasteiger partial charge in [0.2, 0.25) is 5.91 Å². The van der Waals surface area contributed by atoms with Gasteiger partial charge in [-0.1, -0.05) is 42.5 Å². The summed E-state index contributed by atoms with van der Waals surface area (Å²) >= 11 is 1.17. The number of carbonyl (C=O) groups is 2. The number of hydrogen-bond donors (Lipinski definition) is 1. The molecule has 0 saturated carbocycles. The van der Waals surface area contributed by atoms with Gasteiger partial charge < -0.3 is 10.0 Å². The minimum atomic E-state index is -0.997. The molecule has 3 aromatic rings. The van der Waals surface area contributed by atoms with E-state index in [1.165, 1.54) is 23.5 Å². The first-order valence-electron chi connectivity index (χ1n) is 10.8. The van der Waals surface area contributed by atoms with Crippen molar-refractivity contribution in [1.82, 2.24) is 9.88 Å². The summed E-state index contributed by atoms with van der Waals surface area (Å²) in [5.41, 5.74) is 2.59. The maximum absolute atomic E-state index is 13.1. The van der Waals surface area contributed by atoms with E-state index < -0.39 is 5.97 Å². The van der Waals surface area contributed by atoms with E-state index in [2.05, 4.69) is 4.98 Å². The van der Waals surface area contributed by atoms with E-state index in [0.29, 0.717) is 42.9 Å². The van der Waals surface area contributed by atoms with E-state index >= 15 is 0 Å². The number of amides is 1. The molecule has 166 valence electrons. The number of hydrogen-bond acceptors (Lipinski definition) is 4. The molecule has 0 aliphatic carbocycles. The summed E-state index contributed by atoms with van der Waals surface area (Å²) in [5, 5.41) is 10.4. The van der Waals surface area contributed by atoms with E-state index in [4.69, 9.17) is 0 Å². The number of carbonyl (C=O) groups excluding carboxylic acids is 1. The molecule has 2 heterocycles. The minimum absolute atomic E-state index is 0.0799. The number of carboxylic acids is 1. The zero-order chi connectivity index (χ0) is 22.5. The summed E-state index contributed by atoms with van der Waals surface area (Å²) in [6, 6.07) is 16.0. The Morgan fingerprint density at radius 2 is 1.75 bits per heavy atom. The second-order valence-electron chi connectivity index (χ2n) is 7.99. The van der Waals surface area contributed by atoms with Crippen molar-refractivity contribution in [1.29, 1.82) is 0 Å². The second-order valence-corrected chi connectivity index (χ2v) is 9.02. The lowest BCUT2D eigenvalue weighted by Gasteiger charge is -2.23. The van der Waals surface area contributed by atoms with E-state index in [9.17, 15) is 19.1 Å². The SMILES string of the molecule is O=C(O)c1sc([C@@H]2CCCN2C(=O)CCc2ccccc2)nc1CCc1ccc(F)cc1. The third-order valence-electron chi connectivity index (χ3n) is 5.80. The molecule has 1 saturated heterocycles. The predicted molar refractivity (Wildman–Crippen MR) is 121 cm³/mol. The number of halogens is 1. The first-order chi connectivity index (χ1) is 15.5. The van der Waals surface area contributed by atoms with Crippen molar-refractivity contribution in [2.45, 2.75) is 44.6 Å². The van der Waals surface area contributed by atoms with Gasteiger partial charge in [-0.25, -0.2) is 14.2 Å². The molecule has 1 aliphatic heterocycles. The Morgan fingerprint density at radius 1 is 1.03 bits per heavy atom. The summed E-state index contributed by atoms with van der Waals surface area (Å²) in [5.74, 6) is -1.21. The average molecular weight is 453 g/mol. The van der Waals surface area contributed by atoms with Crippen LogP contribution in [-0.2, 0) is 24.1 Å². The summed E-state index contributed by atoms with van der Waals surface area (Å²) in [4.78, 5) is 31.5. The molecule has 0 radical (unpaired) electrons. The molecule has 1 aromatic heterocycles. The Hall–Kier alpha value is -3.06. The third-order valence-corrected chi connectivity index (χ3v) is 6.99. The van der Waals surface area contributed by atoms with Crippen molar-refractivity contribution < 1.29 is 19.1 Å². The third kappa shape index (κ3) is 5.22. The van der Waals surface area contributed by atoms with Crippen molar-refractivity contribution in [3.8, 4) is 0 Å². The Balaban J connectivity index is 1.46. The maximum atomic E-state index is 13.1. The van der Waals surface area contributed by atoms with Crippen LogP contribution in [-0.4, -0.2) is 33.4 Å². The fourth-order valence-electron chi connectivity index (χ4n) is 4.12. The maximum Gasteiger partial charge on any atom is 0.347 e. The van der Waals surface area contributed by atoms with Crippen molar-refractivity contribution in [2.75, 3.05) is 6.54 Å². The number of thiazole rings is 1. The molecular formula is C25H25FN2O3S. The van der Waals surface area contributed by atoms with Crippen molar-refractivity contribution in [3.63, 3.8) is 0 Å². The van der Waals surface area contributed by atoms with Crippen LogP contribution in [0, 0.1) is 5.82 Å². The highest BCUT2D eigenvalue weighted by atomic mass is 32.1. The van der Waals surface area contributed by atoms with E-state index in [-0.39, 0.29) is 22.6 Å². The first-order valence-corrected chi connectivity index (χ1v) is 11.6. The van der Waals surface area contributed by atoms with Crippen LogP contribution in [0.4, 0.5) is 4.39 Å². The Bertz CT molecular complexity index is 1080. The van der Waals surface area contributed by atoms with Gasteiger partial charge in [0.25, 0.3) is 0 Å². The van der Waals surface area contributed by atoms with Crippen LogP contribution in [0.2, 0.25) is 0 Å². The quantitative estimate of drug-likeness (QED) is 0.519. The van der Waals surface area contributed by atoms with Gasteiger partial charge >= 0.3 is 5.97 Å². The molecule has 32 heavy (non-hydrogen) atoms. The number of likely N-dealkylation sites (tertiary alicyclic amines) is 1. The van der Waals surface area contributed by atoms with Gasteiger partial charge in [0.15, 0.2) is 0 Å². The molecule has 4 rings (SSSR count). The first kappa shape index (κ1) is 22.1. The van der Waals surface area contributed by atoms with Crippen LogP contribution in [0.5, 0.6) is 0 Å². The summed E-state index contributed by atoms with van der Waals surface area (Å²) < 4.78 is 13.1. The molecule has 1 fully saturated rings. The van der Waals surface area contributed by atoms with Gasteiger partial charge in [0.05, 0.1) is 11.7 Å². The Morgan fingerprint density at radius 3 is 2.47 bits per heavy atom. The van der Waals surface area contributed by atoms with Crippen molar-refractivity contribution in [3.05, 3.63) is 87.1 Å². The average Bonchev–Trinajstić information content (AvgIpc) is 3.45. The number of carboxylic acid groups (broad SMARTS) is 1. The fraction of sp³-hybridized carbons (Fsp3) is 0.320. The summed E-state index contributed by atoms with van der Waals surface area (Å²) in [6.45, 7) is 0.672. The lowest BCUT2D eigenvalue weighted by atomic mass is 10.1. The number of rotatable bonds is 8. The van der Waals surface area contributed by atoms with Gasteiger partial charge in [-0.05, 0) is 55.4 Å². The van der Waals surface area contributed by atoms with Gasteiger partial charge in [0, 0.05) is 13.0 Å². The smallest absolute Gasteiger partial charge is 0.347 e. The van der Waals surface area contributed by atoms with E-state index in [1.807, 2.05) is 35.2 Å². The highest BCUT2D eigenvalue weighted by molar-refractivity contribution is 7.13. The second kappa shape index (κ2) is 10.0. The molecule has 0 unspecified atom stereocenters. The minimum Gasteiger partial charge on any atom is -0.477 e. The highest BCUT2D eigenvalue weighted by Gasteiger charge is 2.33. The van der Waals surface area contributed by atoms with Gasteiger partial charge in [-0.3, -0.25) is 4.79 Å². The predicted octanol–water partition coefficient (Wildman–Crippen LogP) is 5.06. The van der Waals surface area contributed by atoms with E-state index in [0.717, 1.165) is 24.0 Å². The molecule has 5 nitrogen and oxygen atoms in total. The molecule has 1 N–H and O–H groups in total. The van der Waals surface area contributed by atoms with E-state index in [1.54, 1.807) is 12.1 Å². The van der Waals surface area contributed by atoms with Crippen LogP contribution in [0.3, 0.4) is 0 Å². The van der Waals surface area contributed by atoms with Gasteiger partial charge in [0.1, 0.15) is 15.7 Å². The molecule has 7 heteroatoms. The van der Waals surface area contributed by atoms with Crippen LogP contribution < -0.4 is 0 Å². The zero-order valence-electron chi connectivity index (χ0n) is 17.7. The molecule has 1 atom stereocenters. The van der Waals surface area contributed by atoms with Crippen LogP contribution >= 0.6 is 11.3 Å². The standard InChI is InChI=1S/C25H25FN2O3S/c26-19-12-8-18(9-13-19)10-14-20-23(25(30)31)32-24(27-20)21-7-4-16-28(21)22(29)15-11-17-5-2-1-3-6-17/h1-3,5-6,8-9,12-13,21H,4,7,10-11,14-16H2,(H,30,31)/t21-/m0/s1. The Labute approximate surface area is 190 Å². The van der Waals surface area contributed by atoms with Gasteiger partial charge in [-0.2, -0.15) is 0 Å². The topological polar surface area (TPSA) is 70.5 Å².